The van der Waals surface area contributed by atoms with E-state index in [1.807, 2.05) is 19.4 Å². The molecule has 7 nitrogen and oxygen atoms in total. The maximum absolute atomic E-state index is 14.9. The molecule has 0 unspecified atom stereocenters. The summed E-state index contributed by atoms with van der Waals surface area (Å²) in [4.78, 5) is 38.6. The summed E-state index contributed by atoms with van der Waals surface area (Å²) in [5, 5.41) is 11.5. The van der Waals surface area contributed by atoms with Crippen molar-refractivity contribution in [3.8, 4) is 5.75 Å². The average molecular weight is 509 g/mol. The zero-order valence-electron chi connectivity index (χ0n) is 20.2. The van der Waals surface area contributed by atoms with Gasteiger partial charge in [-0.3, -0.25) is 14.4 Å². The molecule has 1 aliphatic heterocycles. The van der Waals surface area contributed by atoms with E-state index in [4.69, 9.17) is 9.84 Å². The Morgan fingerprint density at radius 3 is 2.37 bits per heavy atom. The molecular weight excluding hydrogens is 478 g/mol. The van der Waals surface area contributed by atoms with Gasteiger partial charge in [-0.1, -0.05) is 13.0 Å². The molecule has 0 saturated heterocycles. The fourth-order valence-electron chi connectivity index (χ4n) is 4.15. The summed E-state index contributed by atoms with van der Waals surface area (Å²) in [5.74, 6) is -2.53. The van der Waals surface area contributed by atoms with E-state index in [2.05, 4.69) is 5.32 Å². The maximum atomic E-state index is 14.9. The Morgan fingerprint density at radius 2 is 1.80 bits per heavy atom. The Balaban J connectivity index is 1.96. The van der Waals surface area contributed by atoms with Crippen molar-refractivity contribution in [2.45, 2.75) is 37.1 Å². The second kappa shape index (κ2) is 10.6. The van der Waals surface area contributed by atoms with Gasteiger partial charge in [0.1, 0.15) is 23.4 Å². The summed E-state index contributed by atoms with van der Waals surface area (Å²) in [7, 11) is -0.162. The SMILES string of the molecule is CCS(C)(C)c1c(F)cc(NC(=O)[C@H]2c3ccc(OC)cc3CCN2C(=O)CCC(=O)O)cc1F. The monoisotopic (exact) mass is 508 g/mol. The molecule has 2 N–H and O–H groups in total. The molecular formula is C25H30F2N2O5S. The van der Waals surface area contributed by atoms with Crippen LogP contribution < -0.4 is 10.1 Å². The van der Waals surface area contributed by atoms with E-state index >= 15 is 0 Å². The van der Waals surface area contributed by atoms with Gasteiger partial charge in [-0.15, -0.1) is 0 Å². The summed E-state index contributed by atoms with van der Waals surface area (Å²) in [5.41, 5.74) is 1.29. The number of carboxylic acid groups (broad SMARTS) is 1. The number of fused-ring (bicyclic) bond motifs is 1. The molecule has 2 aromatic rings. The lowest BCUT2D eigenvalue weighted by molar-refractivity contribution is -0.143. The van der Waals surface area contributed by atoms with Crippen LogP contribution in [0.2, 0.25) is 0 Å². The zero-order chi connectivity index (χ0) is 25.9. The number of aliphatic carboxylic acids is 1. The zero-order valence-corrected chi connectivity index (χ0v) is 21.0. The van der Waals surface area contributed by atoms with Gasteiger partial charge in [0.05, 0.1) is 18.4 Å². The van der Waals surface area contributed by atoms with Crippen LogP contribution in [-0.2, 0) is 20.8 Å². The number of anilines is 1. The average Bonchev–Trinajstić information content (AvgIpc) is 2.80. The lowest BCUT2D eigenvalue weighted by Gasteiger charge is -2.36. The van der Waals surface area contributed by atoms with Crippen LogP contribution in [0.5, 0.6) is 5.75 Å². The van der Waals surface area contributed by atoms with Crippen LogP contribution in [0.25, 0.3) is 0 Å². The summed E-state index contributed by atoms with van der Waals surface area (Å²) in [6, 6.07) is 6.21. The third kappa shape index (κ3) is 5.75. The van der Waals surface area contributed by atoms with Crippen molar-refractivity contribution in [1.82, 2.24) is 4.90 Å². The predicted octanol–water partition coefficient (Wildman–Crippen LogP) is 4.35. The van der Waals surface area contributed by atoms with Gasteiger partial charge in [0.25, 0.3) is 5.91 Å². The molecule has 0 aromatic heterocycles. The molecule has 3 rings (SSSR count). The minimum absolute atomic E-state index is 0.0265. The number of hydrogen-bond donors (Lipinski definition) is 2. The van der Waals surface area contributed by atoms with Crippen molar-refractivity contribution < 1.29 is 33.0 Å². The van der Waals surface area contributed by atoms with Gasteiger partial charge < -0.3 is 20.1 Å². The number of amides is 2. The molecule has 35 heavy (non-hydrogen) atoms. The van der Waals surface area contributed by atoms with E-state index < -0.39 is 45.5 Å². The molecule has 2 amide bonds. The van der Waals surface area contributed by atoms with Crippen molar-refractivity contribution in [2.24, 2.45) is 0 Å². The van der Waals surface area contributed by atoms with Crippen molar-refractivity contribution >= 4 is 33.5 Å². The number of ether oxygens (including phenoxy) is 1. The number of carboxylic acids is 1. The van der Waals surface area contributed by atoms with Crippen LogP contribution in [0.4, 0.5) is 14.5 Å². The molecule has 0 spiro atoms. The number of nitrogens with one attached hydrogen (secondary N) is 1. The number of rotatable bonds is 8. The third-order valence-corrected chi connectivity index (χ3v) is 9.18. The van der Waals surface area contributed by atoms with Crippen LogP contribution >= 0.6 is 10.0 Å². The fourth-order valence-corrected chi connectivity index (χ4v) is 5.62. The lowest BCUT2D eigenvalue weighted by atomic mass is 9.91. The number of nitrogens with zero attached hydrogens (tertiary/aromatic N) is 1. The van der Waals surface area contributed by atoms with E-state index in [-0.39, 0.29) is 30.0 Å². The first kappa shape index (κ1) is 26.5. The highest BCUT2D eigenvalue weighted by Crippen LogP contribution is 2.51. The second-order valence-corrected chi connectivity index (χ2v) is 12.8. The highest BCUT2D eigenvalue weighted by atomic mass is 32.3. The molecule has 1 atom stereocenters. The summed E-state index contributed by atoms with van der Waals surface area (Å²) < 4.78 is 35.0. The Kier molecular flexibility index (Phi) is 8.04. The molecule has 1 heterocycles. The van der Waals surface area contributed by atoms with Crippen LogP contribution in [0, 0.1) is 11.6 Å². The molecule has 10 heteroatoms. The van der Waals surface area contributed by atoms with E-state index in [9.17, 15) is 23.2 Å². The van der Waals surface area contributed by atoms with Crippen molar-refractivity contribution in [2.75, 3.05) is 37.2 Å². The lowest BCUT2D eigenvalue weighted by Crippen LogP contribution is -2.45. The summed E-state index contributed by atoms with van der Waals surface area (Å²) >= 11 is 0. The quantitative estimate of drug-likeness (QED) is 0.553. The first-order valence-corrected chi connectivity index (χ1v) is 13.8. The maximum Gasteiger partial charge on any atom is 0.303 e. The number of carbonyl (C=O) groups is 3. The smallest absolute Gasteiger partial charge is 0.303 e. The Hall–Kier alpha value is -3.14. The molecule has 0 aliphatic carbocycles. The predicted molar refractivity (Wildman–Crippen MR) is 131 cm³/mol. The molecule has 0 bridgehead atoms. The summed E-state index contributed by atoms with van der Waals surface area (Å²) in [6.07, 6.45) is 3.45. The number of halogens is 2. The van der Waals surface area contributed by atoms with Gasteiger partial charge in [0.2, 0.25) is 5.91 Å². The van der Waals surface area contributed by atoms with Gasteiger partial charge in [-0.2, -0.15) is 0 Å². The normalized spacial score (nSPS) is 15.8. The first-order chi connectivity index (χ1) is 16.5. The topological polar surface area (TPSA) is 95.9 Å². The van der Waals surface area contributed by atoms with Crippen LogP contribution in [0.1, 0.15) is 36.9 Å². The van der Waals surface area contributed by atoms with Crippen molar-refractivity contribution in [3.63, 3.8) is 0 Å². The number of benzene rings is 2. The summed E-state index contributed by atoms with van der Waals surface area (Å²) in [6.45, 7) is 2.06. The standard InChI is InChI=1S/C25H30F2N2O5S/c1-5-35(3,4)24-19(26)13-16(14-20(24)27)28-25(33)23-18-7-6-17(34-2)12-15(18)10-11-29(23)21(30)8-9-22(31)32/h6-7,12-14,23H,5,8-11H2,1-4H3,(H,28,33)(H,31,32)/t23-/m1/s1. The van der Waals surface area contributed by atoms with Crippen molar-refractivity contribution in [3.05, 3.63) is 53.1 Å². The van der Waals surface area contributed by atoms with E-state index in [1.54, 1.807) is 18.2 Å². The van der Waals surface area contributed by atoms with Crippen molar-refractivity contribution in [1.29, 1.82) is 0 Å². The third-order valence-electron chi connectivity index (χ3n) is 6.24. The molecule has 1 aliphatic rings. The fraction of sp³-hybridized carbons (Fsp3) is 0.400. The molecule has 190 valence electrons. The minimum Gasteiger partial charge on any atom is -0.497 e. The van der Waals surface area contributed by atoms with Crippen LogP contribution in [-0.4, -0.2) is 59.7 Å². The van der Waals surface area contributed by atoms with E-state index in [1.165, 1.54) is 12.0 Å². The van der Waals surface area contributed by atoms with Gasteiger partial charge in [-0.25, -0.2) is 18.8 Å². The van der Waals surface area contributed by atoms with Gasteiger partial charge in [0, 0.05) is 18.7 Å². The Bertz CT molecular complexity index is 1130. The molecule has 0 radical (unpaired) electrons. The van der Waals surface area contributed by atoms with Crippen LogP contribution in [0.15, 0.2) is 35.2 Å². The molecule has 0 saturated carbocycles. The number of carbonyl (C=O) groups excluding carboxylic acids is 2. The second-order valence-electron chi connectivity index (χ2n) is 8.78. The van der Waals surface area contributed by atoms with E-state index in [0.717, 1.165) is 17.7 Å². The highest BCUT2D eigenvalue weighted by Gasteiger charge is 2.36. The Morgan fingerprint density at radius 1 is 1.14 bits per heavy atom. The van der Waals surface area contributed by atoms with Gasteiger partial charge in [0.15, 0.2) is 0 Å². The van der Waals surface area contributed by atoms with Gasteiger partial charge >= 0.3 is 5.97 Å². The van der Waals surface area contributed by atoms with Crippen LogP contribution in [0.3, 0.4) is 0 Å². The number of methoxy groups -OCH3 is 1. The Labute approximate surface area is 204 Å². The molecule has 2 aromatic carbocycles. The van der Waals surface area contributed by atoms with E-state index in [0.29, 0.717) is 23.5 Å². The van der Waals surface area contributed by atoms with Gasteiger partial charge in [-0.05, 0) is 60.1 Å². The minimum atomic E-state index is -1.68. The highest BCUT2D eigenvalue weighted by molar-refractivity contribution is 8.32. The first-order valence-electron chi connectivity index (χ1n) is 11.2. The largest absolute Gasteiger partial charge is 0.497 e. The molecule has 0 fully saturated rings. The number of hydrogen-bond acceptors (Lipinski definition) is 4.